The molecule has 3 aromatic rings. The standard InChI is InChI=1S/C21H31N7O.H3O4P/c1-7-17(15(6)29)25-21-26-19(18-20(27-21)28(11-24-18)12(2)3)23-10-16-9-22-14(5)8-13(16)4;1-5(2,3)4/h8-9,11-12,15,17,29H,7,10H2,1-6H3,(H2,23,25,26,27);(H3,1,2,3,4)/p-3/t15-,17+;/m1./s1. The van der Waals surface area contributed by atoms with Gasteiger partial charge in [0.25, 0.3) is 0 Å². The van der Waals surface area contributed by atoms with Crippen molar-refractivity contribution >= 4 is 30.8 Å². The van der Waals surface area contributed by atoms with Crippen molar-refractivity contribution in [3.63, 3.8) is 0 Å². The molecule has 0 unspecified atom stereocenters. The maximum Gasteiger partial charge on any atom is 0.227 e. The van der Waals surface area contributed by atoms with Gasteiger partial charge in [-0.25, -0.2) is 4.98 Å². The second-order valence-corrected chi connectivity index (χ2v) is 9.16. The van der Waals surface area contributed by atoms with Gasteiger partial charge in [0.2, 0.25) is 5.95 Å². The fraction of sp³-hybridized carbons (Fsp3) is 0.524. The predicted molar refractivity (Wildman–Crippen MR) is 124 cm³/mol. The number of pyridine rings is 1. The van der Waals surface area contributed by atoms with Crippen LogP contribution in [0.15, 0.2) is 18.6 Å². The predicted octanol–water partition coefficient (Wildman–Crippen LogP) is 0.778. The van der Waals surface area contributed by atoms with E-state index in [1.54, 1.807) is 13.3 Å². The Labute approximate surface area is 198 Å². The van der Waals surface area contributed by atoms with Crippen LogP contribution in [-0.4, -0.2) is 41.8 Å². The van der Waals surface area contributed by atoms with Crippen LogP contribution in [0.4, 0.5) is 11.8 Å². The maximum absolute atomic E-state index is 10.0. The fourth-order valence-corrected chi connectivity index (χ4v) is 3.30. The van der Waals surface area contributed by atoms with Gasteiger partial charge in [-0.1, -0.05) is 6.92 Å². The van der Waals surface area contributed by atoms with E-state index in [1.165, 1.54) is 5.56 Å². The number of aliphatic hydroxyl groups excluding tert-OH is 1. The first-order chi connectivity index (χ1) is 15.8. The molecule has 0 bridgehead atoms. The van der Waals surface area contributed by atoms with Crippen LogP contribution in [0.25, 0.3) is 11.2 Å². The van der Waals surface area contributed by atoms with Crippen LogP contribution in [-0.2, 0) is 11.1 Å². The van der Waals surface area contributed by atoms with Gasteiger partial charge in [-0.3, -0.25) is 4.98 Å². The number of nitrogens with zero attached hydrogens (tertiary/aromatic N) is 5. The molecule has 0 radical (unpaired) electrons. The Morgan fingerprint density at radius 2 is 1.79 bits per heavy atom. The quantitative estimate of drug-likeness (QED) is 0.377. The van der Waals surface area contributed by atoms with Crippen molar-refractivity contribution in [2.24, 2.45) is 0 Å². The van der Waals surface area contributed by atoms with E-state index < -0.39 is 13.9 Å². The van der Waals surface area contributed by atoms with E-state index in [1.807, 2.05) is 24.6 Å². The molecular formula is C21H31N7O5P-3. The van der Waals surface area contributed by atoms with Gasteiger partial charge in [0, 0.05) is 24.5 Å². The average molecular weight is 492 g/mol. The highest BCUT2D eigenvalue weighted by atomic mass is 31.2. The van der Waals surface area contributed by atoms with Gasteiger partial charge >= 0.3 is 0 Å². The Hall–Kier alpha value is -2.63. The number of nitrogens with one attached hydrogen (secondary N) is 2. The molecule has 0 saturated heterocycles. The van der Waals surface area contributed by atoms with Crippen LogP contribution in [0, 0.1) is 13.8 Å². The third-order valence-electron chi connectivity index (χ3n) is 5.12. The number of aliphatic hydroxyl groups is 1. The zero-order valence-electron chi connectivity index (χ0n) is 20.1. The zero-order valence-corrected chi connectivity index (χ0v) is 21.0. The molecule has 2 atom stereocenters. The van der Waals surface area contributed by atoms with E-state index in [4.69, 9.17) is 19.2 Å². The van der Waals surface area contributed by atoms with Gasteiger partial charge in [0.05, 0.1) is 18.5 Å². The zero-order chi connectivity index (χ0) is 25.6. The third-order valence-corrected chi connectivity index (χ3v) is 5.12. The second kappa shape index (κ2) is 11.7. The lowest BCUT2D eigenvalue weighted by atomic mass is 10.1. The van der Waals surface area contributed by atoms with Crippen LogP contribution in [0.3, 0.4) is 0 Å². The Morgan fingerprint density at radius 1 is 1.15 bits per heavy atom. The molecule has 3 aromatic heterocycles. The Kier molecular flexibility index (Phi) is 9.48. The number of aromatic nitrogens is 5. The molecule has 188 valence electrons. The van der Waals surface area contributed by atoms with Gasteiger partial charge in [0.1, 0.15) is 0 Å². The summed E-state index contributed by atoms with van der Waals surface area (Å²) in [4.78, 5) is 43.9. The summed E-state index contributed by atoms with van der Waals surface area (Å²) < 4.78 is 10.6. The molecule has 0 aliphatic rings. The van der Waals surface area contributed by atoms with Crippen molar-refractivity contribution in [3.8, 4) is 0 Å². The number of fused-ring (bicyclic) bond motifs is 1. The van der Waals surface area contributed by atoms with Gasteiger partial charge < -0.3 is 39.6 Å². The molecule has 0 fully saturated rings. The SMILES string of the molecule is CC[C@H](Nc1nc(NCc2cnc(C)cc2C)c2ncn(C(C)C)c2n1)[C@@H](C)O.O=P([O-])([O-])[O-]. The summed E-state index contributed by atoms with van der Waals surface area (Å²) in [6.45, 7) is 12.6. The second-order valence-electron chi connectivity index (χ2n) is 8.27. The van der Waals surface area contributed by atoms with Crippen LogP contribution in [0.1, 0.15) is 57.0 Å². The van der Waals surface area contributed by atoms with Crippen LogP contribution in [0.2, 0.25) is 0 Å². The molecule has 3 heterocycles. The minimum absolute atomic E-state index is 0.126. The van der Waals surface area contributed by atoms with Crippen LogP contribution >= 0.6 is 7.82 Å². The van der Waals surface area contributed by atoms with E-state index in [0.29, 0.717) is 18.3 Å². The highest BCUT2D eigenvalue weighted by Gasteiger charge is 2.18. The Bertz CT molecular complexity index is 1140. The maximum atomic E-state index is 10.0. The number of aryl methyl sites for hydroxylation is 2. The number of rotatable bonds is 8. The summed E-state index contributed by atoms with van der Waals surface area (Å²) >= 11 is 0. The number of anilines is 2. The Balaban J connectivity index is 0.000000739. The summed E-state index contributed by atoms with van der Waals surface area (Å²) in [7, 11) is -5.39. The smallest absolute Gasteiger partial charge is 0.227 e. The monoisotopic (exact) mass is 492 g/mol. The van der Waals surface area contributed by atoms with Gasteiger partial charge in [0.15, 0.2) is 17.0 Å². The fourth-order valence-electron chi connectivity index (χ4n) is 3.30. The van der Waals surface area contributed by atoms with Gasteiger partial charge in [-0.2, -0.15) is 17.8 Å². The van der Waals surface area contributed by atoms with Crippen LogP contribution < -0.4 is 25.3 Å². The molecule has 0 spiro atoms. The lowest BCUT2D eigenvalue weighted by Crippen LogP contribution is -2.31. The first kappa shape index (κ1) is 27.6. The van der Waals surface area contributed by atoms with Crippen molar-refractivity contribution in [2.75, 3.05) is 10.6 Å². The molecule has 34 heavy (non-hydrogen) atoms. The van der Waals surface area contributed by atoms with Crippen molar-refractivity contribution in [1.29, 1.82) is 0 Å². The lowest BCUT2D eigenvalue weighted by Gasteiger charge is -2.36. The molecule has 0 aliphatic heterocycles. The van der Waals surface area contributed by atoms with E-state index in [2.05, 4.69) is 57.4 Å². The molecule has 12 nitrogen and oxygen atoms in total. The molecule has 0 saturated carbocycles. The van der Waals surface area contributed by atoms with Gasteiger partial charge in [-0.05, 0) is 58.2 Å². The molecular weight excluding hydrogens is 461 g/mol. The molecule has 3 rings (SSSR count). The minimum atomic E-state index is -5.39. The van der Waals surface area contributed by atoms with E-state index >= 15 is 0 Å². The van der Waals surface area contributed by atoms with Gasteiger partial charge in [-0.15, -0.1) is 0 Å². The van der Waals surface area contributed by atoms with Crippen molar-refractivity contribution in [1.82, 2.24) is 24.5 Å². The normalized spacial score (nSPS) is 13.4. The molecule has 0 amide bonds. The number of imidazole rings is 1. The number of hydrogen-bond acceptors (Lipinski definition) is 11. The van der Waals surface area contributed by atoms with E-state index in [-0.39, 0.29) is 12.1 Å². The van der Waals surface area contributed by atoms with Crippen LogP contribution in [0.5, 0.6) is 0 Å². The van der Waals surface area contributed by atoms with E-state index in [0.717, 1.165) is 28.8 Å². The summed E-state index contributed by atoms with van der Waals surface area (Å²) in [5.74, 6) is 1.14. The molecule has 3 N–H and O–H groups in total. The van der Waals surface area contributed by atoms with Crippen molar-refractivity contribution in [2.45, 2.75) is 72.7 Å². The largest absolute Gasteiger partial charge is 0.822 e. The molecule has 13 heteroatoms. The van der Waals surface area contributed by atoms with E-state index in [9.17, 15) is 5.11 Å². The number of phosphoric acid groups is 1. The molecule has 0 aromatic carbocycles. The minimum Gasteiger partial charge on any atom is -0.822 e. The summed E-state index contributed by atoms with van der Waals surface area (Å²) in [6, 6.07) is 2.17. The highest BCUT2D eigenvalue weighted by Crippen LogP contribution is 2.25. The topological polar surface area (TPSA) is 187 Å². The van der Waals surface area contributed by atoms with Crippen molar-refractivity contribution < 1.29 is 24.4 Å². The summed E-state index contributed by atoms with van der Waals surface area (Å²) in [6.07, 6.45) is 3.94. The number of hydrogen-bond donors (Lipinski definition) is 3. The average Bonchev–Trinajstić information content (AvgIpc) is 3.14. The third kappa shape index (κ3) is 8.00. The first-order valence-corrected chi connectivity index (χ1v) is 12.3. The Morgan fingerprint density at radius 3 is 2.32 bits per heavy atom. The summed E-state index contributed by atoms with van der Waals surface area (Å²) in [5.41, 5.74) is 4.78. The first-order valence-electron chi connectivity index (χ1n) is 10.9. The van der Waals surface area contributed by atoms with Crippen molar-refractivity contribution in [3.05, 3.63) is 35.4 Å². The lowest BCUT2D eigenvalue weighted by molar-refractivity contribution is -0.432. The highest BCUT2D eigenvalue weighted by molar-refractivity contribution is 7.40. The summed E-state index contributed by atoms with van der Waals surface area (Å²) in [5, 5.41) is 16.7. The molecule has 0 aliphatic carbocycles.